The molecule has 1 unspecified atom stereocenters. The number of ether oxygens (including phenoxy) is 2. The Balaban J connectivity index is 2.31. The molecule has 1 aliphatic rings. The molecule has 1 aromatic rings. The third-order valence-electron chi connectivity index (χ3n) is 3.83. The van der Waals surface area contributed by atoms with Gasteiger partial charge in [-0.05, 0) is 37.5 Å². The number of methoxy groups -OCH3 is 2. The molecule has 0 spiro atoms. The fourth-order valence-corrected chi connectivity index (χ4v) is 2.85. The molecule has 2 rings (SSSR count). The lowest BCUT2D eigenvalue weighted by molar-refractivity contribution is -0.132. The van der Waals surface area contributed by atoms with Gasteiger partial charge in [0.2, 0.25) is 5.91 Å². The zero-order valence-corrected chi connectivity index (χ0v) is 12.5. The van der Waals surface area contributed by atoms with E-state index in [1.54, 1.807) is 14.2 Å². The summed E-state index contributed by atoms with van der Waals surface area (Å²) >= 11 is 0. The molecule has 1 aromatic carbocycles. The van der Waals surface area contributed by atoms with Crippen molar-refractivity contribution in [1.29, 1.82) is 0 Å². The SMILES string of the molecule is CCCC(=O)N1CCCC1c1cc(OC)ccc1OC. The minimum atomic E-state index is 0.110. The highest BCUT2D eigenvalue weighted by atomic mass is 16.5. The van der Waals surface area contributed by atoms with E-state index in [1.165, 1.54) is 0 Å². The molecule has 0 radical (unpaired) electrons. The Morgan fingerprint density at radius 1 is 1.35 bits per heavy atom. The fourth-order valence-electron chi connectivity index (χ4n) is 2.85. The van der Waals surface area contributed by atoms with Crippen LogP contribution in [0.1, 0.15) is 44.2 Å². The summed E-state index contributed by atoms with van der Waals surface area (Å²) in [7, 11) is 3.32. The van der Waals surface area contributed by atoms with E-state index >= 15 is 0 Å². The van der Waals surface area contributed by atoms with Gasteiger partial charge in [0.05, 0.1) is 20.3 Å². The average molecular weight is 277 g/mol. The van der Waals surface area contributed by atoms with Crippen LogP contribution < -0.4 is 9.47 Å². The van der Waals surface area contributed by atoms with Crippen LogP contribution in [-0.2, 0) is 4.79 Å². The van der Waals surface area contributed by atoms with Crippen molar-refractivity contribution in [1.82, 2.24) is 4.90 Å². The number of amides is 1. The molecule has 1 atom stereocenters. The second kappa shape index (κ2) is 6.64. The van der Waals surface area contributed by atoms with Gasteiger partial charge in [-0.25, -0.2) is 0 Å². The van der Waals surface area contributed by atoms with Gasteiger partial charge in [0.25, 0.3) is 0 Å². The minimum absolute atomic E-state index is 0.110. The first kappa shape index (κ1) is 14.7. The van der Waals surface area contributed by atoms with E-state index in [1.807, 2.05) is 30.0 Å². The largest absolute Gasteiger partial charge is 0.497 e. The van der Waals surface area contributed by atoms with E-state index in [0.29, 0.717) is 6.42 Å². The van der Waals surface area contributed by atoms with E-state index in [9.17, 15) is 4.79 Å². The average Bonchev–Trinajstić information content (AvgIpc) is 2.96. The molecule has 0 aromatic heterocycles. The molecular weight excluding hydrogens is 254 g/mol. The Hall–Kier alpha value is -1.71. The molecular formula is C16H23NO3. The Bertz CT molecular complexity index is 473. The lowest BCUT2D eigenvalue weighted by Gasteiger charge is -2.26. The van der Waals surface area contributed by atoms with E-state index in [-0.39, 0.29) is 11.9 Å². The topological polar surface area (TPSA) is 38.8 Å². The predicted molar refractivity (Wildman–Crippen MR) is 78.1 cm³/mol. The van der Waals surface area contributed by atoms with Crippen molar-refractivity contribution in [3.8, 4) is 11.5 Å². The van der Waals surface area contributed by atoms with Crippen LogP contribution in [0.5, 0.6) is 11.5 Å². The lowest BCUT2D eigenvalue weighted by Crippen LogP contribution is -2.30. The third-order valence-corrected chi connectivity index (χ3v) is 3.83. The van der Waals surface area contributed by atoms with E-state index in [2.05, 4.69) is 0 Å². The van der Waals surface area contributed by atoms with Gasteiger partial charge in [-0.15, -0.1) is 0 Å². The Morgan fingerprint density at radius 2 is 2.15 bits per heavy atom. The maximum Gasteiger partial charge on any atom is 0.223 e. The molecule has 0 N–H and O–H groups in total. The summed E-state index contributed by atoms with van der Waals surface area (Å²) in [6.07, 6.45) is 3.53. The van der Waals surface area contributed by atoms with Crippen LogP contribution in [0.4, 0.5) is 0 Å². The normalized spacial score (nSPS) is 18.1. The highest BCUT2D eigenvalue weighted by molar-refractivity contribution is 5.77. The first-order chi connectivity index (χ1) is 9.71. The molecule has 20 heavy (non-hydrogen) atoms. The number of nitrogens with zero attached hydrogens (tertiary/aromatic N) is 1. The summed E-state index contributed by atoms with van der Waals surface area (Å²) in [5.41, 5.74) is 1.05. The standard InChI is InChI=1S/C16H23NO3/c1-4-6-16(18)17-10-5-7-14(17)13-11-12(19-2)8-9-15(13)20-3/h8-9,11,14H,4-7,10H2,1-3H3. The van der Waals surface area contributed by atoms with E-state index in [0.717, 1.165) is 42.9 Å². The van der Waals surface area contributed by atoms with Crippen molar-refractivity contribution in [2.24, 2.45) is 0 Å². The quantitative estimate of drug-likeness (QED) is 0.829. The number of hydrogen-bond acceptors (Lipinski definition) is 3. The molecule has 4 nitrogen and oxygen atoms in total. The Morgan fingerprint density at radius 3 is 2.80 bits per heavy atom. The summed E-state index contributed by atoms with van der Waals surface area (Å²) in [5.74, 6) is 1.86. The van der Waals surface area contributed by atoms with Crippen molar-refractivity contribution in [3.63, 3.8) is 0 Å². The van der Waals surface area contributed by atoms with Crippen LogP contribution >= 0.6 is 0 Å². The van der Waals surface area contributed by atoms with Crippen LogP contribution in [0, 0.1) is 0 Å². The molecule has 1 heterocycles. The van der Waals surface area contributed by atoms with Crippen molar-refractivity contribution >= 4 is 5.91 Å². The molecule has 1 saturated heterocycles. The van der Waals surface area contributed by atoms with Crippen molar-refractivity contribution in [2.75, 3.05) is 20.8 Å². The first-order valence-electron chi connectivity index (χ1n) is 7.22. The number of carbonyl (C=O) groups is 1. The van der Waals surface area contributed by atoms with Crippen LogP contribution in [0.3, 0.4) is 0 Å². The number of rotatable bonds is 5. The van der Waals surface area contributed by atoms with Gasteiger partial charge >= 0.3 is 0 Å². The van der Waals surface area contributed by atoms with Crippen LogP contribution in [0.15, 0.2) is 18.2 Å². The maximum atomic E-state index is 12.2. The molecule has 0 bridgehead atoms. The van der Waals surface area contributed by atoms with Gasteiger partial charge < -0.3 is 14.4 Å². The van der Waals surface area contributed by atoms with E-state index < -0.39 is 0 Å². The zero-order chi connectivity index (χ0) is 14.5. The second-order valence-electron chi connectivity index (χ2n) is 5.10. The smallest absolute Gasteiger partial charge is 0.223 e. The zero-order valence-electron chi connectivity index (χ0n) is 12.5. The summed E-state index contributed by atoms with van der Waals surface area (Å²) < 4.78 is 10.7. The maximum absolute atomic E-state index is 12.2. The van der Waals surface area contributed by atoms with Gasteiger partial charge in [0.15, 0.2) is 0 Å². The van der Waals surface area contributed by atoms with Crippen molar-refractivity contribution in [3.05, 3.63) is 23.8 Å². The van der Waals surface area contributed by atoms with Crippen LogP contribution in [-0.4, -0.2) is 31.6 Å². The molecule has 0 aliphatic carbocycles. The van der Waals surface area contributed by atoms with Gasteiger partial charge in [0.1, 0.15) is 11.5 Å². The summed E-state index contributed by atoms with van der Waals surface area (Å²) in [5, 5.41) is 0. The third kappa shape index (κ3) is 2.89. The summed E-state index contributed by atoms with van der Waals surface area (Å²) in [6, 6.07) is 5.89. The van der Waals surface area contributed by atoms with Crippen molar-refractivity contribution in [2.45, 2.75) is 38.6 Å². The molecule has 1 fully saturated rings. The number of carbonyl (C=O) groups excluding carboxylic acids is 1. The number of hydrogen-bond donors (Lipinski definition) is 0. The van der Waals surface area contributed by atoms with Crippen molar-refractivity contribution < 1.29 is 14.3 Å². The summed E-state index contributed by atoms with van der Waals surface area (Å²) in [6.45, 7) is 2.87. The van der Waals surface area contributed by atoms with Gasteiger partial charge in [-0.1, -0.05) is 6.92 Å². The Kier molecular flexibility index (Phi) is 4.88. The fraction of sp³-hybridized carbons (Fsp3) is 0.562. The molecule has 0 saturated carbocycles. The number of benzene rings is 1. The lowest BCUT2D eigenvalue weighted by atomic mass is 10.0. The molecule has 4 heteroatoms. The second-order valence-corrected chi connectivity index (χ2v) is 5.10. The van der Waals surface area contributed by atoms with Gasteiger partial charge in [0, 0.05) is 18.5 Å². The van der Waals surface area contributed by atoms with Crippen LogP contribution in [0.25, 0.3) is 0 Å². The minimum Gasteiger partial charge on any atom is -0.497 e. The molecule has 1 aliphatic heterocycles. The molecule has 110 valence electrons. The van der Waals surface area contributed by atoms with Gasteiger partial charge in [-0.2, -0.15) is 0 Å². The first-order valence-corrected chi connectivity index (χ1v) is 7.22. The van der Waals surface area contributed by atoms with Crippen LogP contribution in [0.2, 0.25) is 0 Å². The van der Waals surface area contributed by atoms with E-state index in [4.69, 9.17) is 9.47 Å². The Labute approximate surface area is 120 Å². The highest BCUT2D eigenvalue weighted by Crippen LogP contribution is 2.39. The monoisotopic (exact) mass is 277 g/mol. The number of likely N-dealkylation sites (tertiary alicyclic amines) is 1. The summed E-state index contributed by atoms with van der Waals surface area (Å²) in [4.78, 5) is 14.2. The predicted octanol–water partition coefficient (Wildman–Crippen LogP) is 3.17. The van der Waals surface area contributed by atoms with Gasteiger partial charge in [-0.3, -0.25) is 4.79 Å². The molecule has 1 amide bonds. The highest BCUT2D eigenvalue weighted by Gasteiger charge is 2.31.